The van der Waals surface area contributed by atoms with Gasteiger partial charge in [-0.3, -0.25) is 0 Å². The molecule has 0 N–H and O–H groups in total. The van der Waals surface area contributed by atoms with Crippen LogP contribution < -0.4 is 9.64 Å². The zero-order valence-electron chi connectivity index (χ0n) is 12.9. The Morgan fingerprint density at radius 1 is 1.09 bits per heavy atom. The Kier molecular flexibility index (Phi) is 4.48. The topological polar surface area (TPSA) is 51.4 Å². The molecule has 3 rings (SSSR count). The van der Waals surface area contributed by atoms with Crippen molar-refractivity contribution in [3.63, 3.8) is 0 Å². The van der Waals surface area contributed by atoms with Crippen molar-refractivity contribution in [2.45, 2.75) is 6.61 Å². The Bertz CT molecular complexity index is 802. The van der Waals surface area contributed by atoms with Gasteiger partial charge in [-0.15, -0.1) is 10.2 Å². The fourth-order valence-electron chi connectivity index (χ4n) is 2.05. The molecule has 0 bridgehead atoms. The van der Waals surface area contributed by atoms with Crippen molar-refractivity contribution in [3.8, 4) is 17.2 Å². The summed E-state index contributed by atoms with van der Waals surface area (Å²) in [6.45, 7) is 0.203. The summed E-state index contributed by atoms with van der Waals surface area (Å²) in [6.07, 6.45) is 0. The molecule has 0 saturated heterocycles. The first-order valence-corrected chi connectivity index (χ1v) is 7.49. The van der Waals surface area contributed by atoms with Crippen molar-refractivity contribution in [2.24, 2.45) is 0 Å². The Balaban J connectivity index is 1.70. The molecule has 3 aromatic rings. The van der Waals surface area contributed by atoms with Crippen LogP contribution in [0.25, 0.3) is 11.5 Å². The van der Waals surface area contributed by atoms with E-state index in [-0.39, 0.29) is 6.61 Å². The molecule has 0 aliphatic rings. The minimum atomic E-state index is 0.203. The maximum Gasteiger partial charge on any atom is 0.254 e. The number of halogens is 1. The third-order valence-corrected chi connectivity index (χ3v) is 3.60. The lowest BCUT2D eigenvalue weighted by Gasteiger charge is -2.13. The van der Waals surface area contributed by atoms with Crippen LogP contribution in [0.2, 0.25) is 5.02 Å². The van der Waals surface area contributed by atoms with Gasteiger partial charge < -0.3 is 14.1 Å². The first-order chi connectivity index (χ1) is 11.1. The third-order valence-electron chi connectivity index (χ3n) is 3.27. The molecule has 6 heteroatoms. The van der Waals surface area contributed by atoms with Gasteiger partial charge in [-0.1, -0.05) is 29.8 Å². The highest BCUT2D eigenvalue weighted by Gasteiger charge is 2.12. The van der Waals surface area contributed by atoms with E-state index in [0.29, 0.717) is 22.4 Å². The summed E-state index contributed by atoms with van der Waals surface area (Å²) in [7, 11) is 3.96. The monoisotopic (exact) mass is 329 g/mol. The molecule has 23 heavy (non-hydrogen) atoms. The van der Waals surface area contributed by atoms with Gasteiger partial charge in [-0.05, 0) is 24.3 Å². The third kappa shape index (κ3) is 3.63. The zero-order valence-corrected chi connectivity index (χ0v) is 13.6. The van der Waals surface area contributed by atoms with Crippen LogP contribution in [-0.4, -0.2) is 24.3 Å². The van der Waals surface area contributed by atoms with E-state index in [9.17, 15) is 0 Å². The molecule has 0 amide bonds. The summed E-state index contributed by atoms with van der Waals surface area (Å²) in [5, 5.41) is 8.58. The largest absolute Gasteiger partial charge is 0.484 e. The van der Waals surface area contributed by atoms with Gasteiger partial charge in [0, 0.05) is 25.8 Å². The molecule has 5 nitrogen and oxygen atoms in total. The van der Waals surface area contributed by atoms with Crippen LogP contribution in [0.1, 0.15) is 5.89 Å². The summed E-state index contributed by atoms with van der Waals surface area (Å²) >= 11 is 6.12. The first-order valence-electron chi connectivity index (χ1n) is 7.11. The van der Waals surface area contributed by atoms with Gasteiger partial charge in [0.15, 0.2) is 6.61 Å². The lowest BCUT2D eigenvalue weighted by atomic mass is 10.2. The molecule has 0 aliphatic carbocycles. The highest BCUT2D eigenvalue weighted by molar-refractivity contribution is 6.33. The molecule has 0 aliphatic heterocycles. The number of nitrogens with zero attached hydrogens (tertiary/aromatic N) is 3. The Morgan fingerprint density at radius 3 is 2.70 bits per heavy atom. The summed E-state index contributed by atoms with van der Waals surface area (Å²) in [5.41, 5.74) is 1.77. The molecule has 0 unspecified atom stereocenters. The van der Waals surface area contributed by atoms with Crippen molar-refractivity contribution in [1.29, 1.82) is 0 Å². The molecule has 118 valence electrons. The SMILES string of the molecule is CN(C)c1cccc(OCc2nnc(-c3ccccc3Cl)o2)c1. The highest BCUT2D eigenvalue weighted by atomic mass is 35.5. The van der Waals surface area contributed by atoms with Crippen LogP contribution in [0.3, 0.4) is 0 Å². The summed E-state index contributed by atoms with van der Waals surface area (Å²) in [5.74, 6) is 1.53. The van der Waals surface area contributed by atoms with Crippen LogP contribution in [0.4, 0.5) is 5.69 Å². The van der Waals surface area contributed by atoms with E-state index in [2.05, 4.69) is 10.2 Å². The lowest BCUT2D eigenvalue weighted by molar-refractivity contribution is 0.264. The molecule has 0 atom stereocenters. The number of rotatable bonds is 5. The minimum Gasteiger partial charge on any atom is -0.484 e. The maximum absolute atomic E-state index is 6.12. The van der Waals surface area contributed by atoms with Crippen molar-refractivity contribution < 1.29 is 9.15 Å². The minimum absolute atomic E-state index is 0.203. The average Bonchev–Trinajstić information content (AvgIpc) is 3.02. The van der Waals surface area contributed by atoms with E-state index >= 15 is 0 Å². The molecular weight excluding hydrogens is 314 g/mol. The highest BCUT2D eigenvalue weighted by Crippen LogP contribution is 2.26. The molecular formula is C17H16ClN3O2. The van der Waals surface area contributed by atoms with Gasteiger partial charge in [0.2, 0.25) is 5.89 Å². The van der Waals surface area contributed by atoms with E-state index in [4.69, 9.17) is 20.8 Å². The average molecular weight is 330 g/mol. The van der Waals surface area contributed by atoms with Gasteiger partial charge in [0.25, 0.3) is 5.89 Å². The Hall–Kier alpha value is -2.53. The second kappa shape index (κ2) is 6.71. The van der Waals surface area contributed by atoms with Crippen LogP contribution >= 0.6 is 11.6 Å². The molecule has 1 heterocycles. The number of aromatic nitrogens is 2. The van der Waals surface area contributed by atoms with Gasteiger partial charge in [0.1, 0.15) is 5.75 Å². The molecule has 1 aromatic heterocycles. The van der Waals surface area contributed by atoms with Crippen LogP contribution in [-0.2, 0) is 6.61 Å². The van der Waals surface area contributed by atoms with Gasteiger partial charge in [0.05, 0.1) is 10.6 Å². The van der Waals surface area contributed by atoms with Gasteiger partial charge in [-0.2, -0.15) is 0 Å². The lowest BCUT2D eigenvalue weighted by Crippen LogP contribution is -2.08. The van der Waals surface area contributed by atoms with Crippen LogP contribution in [0.5, 0.6) is 5.75 Å². The number of ether oxygens (including phenoxy) is 1. The summed E-state index contributed by atoms with van der Waals surface area (Å²) < 4.78 is 11.3. The van der Waals surface area contributed by atoms with Crippen molar-refractivity contribution in [3.05, 3.63) is 59.4 Å². The fourth-order valence-corrected chi connectivity index (χ4v) is 2.27. The standard InChI is InChI=1S/C17H16ClN3O2/c1-21(2)12-6-5-7-13(10-12)22-11-16-19-20-17(23-16)14-8-3-4-9-15(14)18/h3-10H,11H2,1-2H3. The molecule has 0 radical (unpaired) electrons. The molecule has 2 aromatic carbocycles. The predicted molar refractivity (Wildman–Crippen MR) is 89.8 cm³/mol. The van der Waals surface area contributed by atoms with Crippen molar-refractivity contribution >= 4 is 17.3 Å². The second-order valence-corrected chi connectivity index (χ2v) is 5.57. The van der Waals surface area contributed by atoms with E-state index in [0.717, 1.165) is 11.4 Å². The van der Waals surface area contributed by atoms with Crippen molar-refractivity contribution in [1.82, 2.24) is 10.2 Å². The zero-order chi connectivity index (χ0) is 16.2. The predicted octanol–water partition coefficient (Wildman–Crippen LogP) is 4.04. The fraction of sp³-hybridized carbons (Fsp3) is 0.176. The number of hydrogen-bond acceptors (Lipinski definition) is 5. The van der Waals surface area contributed by atoms with Gasteiger partial charge in [-0.25, -0.2) is 0 Å². The summed E-state index contributed by atoms with van der Waals surface area (Å²) in [4.78, 5) is 2.01. The summed E-state index contributed by atoms with van der Waals surface area (Å²) in [6, 6.07) is 15.1. The number of anilines is 1. The normalized spacial score (nSPS) is 10.6. The quantitative estimate of drug-likeness (QED) is 0.707. The first kappa shape index (κ1) is 15.4. The molecule has 0 fully saturated rings. The van der Waals surface area contributed by atoms with E-state index in [1.54, 1.807) is 6.07 Å². The molecule has 0 spiro atoms. The van der Waals surface area contributed by atoms with E-state index < -0.39 is 0 Å². The second-order valence-electron chi connectivity index (χ2n) is 5.16. The number of hydrogen-bond donors (Lipinski definition) is 0. The maximum atomic E-state index is 6.12. The Morgan fingerprint density at radius 2 is 1.91 bits per heavy atom. The van der Waals surface area contributed by atoms with Crippen LogP contribution in [0.15, 0.2) is 52.9 Å². The molecule has 0 saturated carbocycles. The van der Waals surface area contributed by atoms with E-state index in [1.165, 1.54) is 0 Å². The number of benzene rings is 2. The smallest absolute Gasteiger partial charge is 0.254 e. The Labute approximate surface area is 139 Å². The van der Waals surface area contributed by atoms with E-state index in [1.807, 2.05) is 61.5 Å². The van der Waals surface area contributed by atoms with Crippen molar-refractivity contribution in [2.75, 3.05) is 19.0 Å². The van der Waals surface area contributed by atoms with Crippen LogP contribution in [0, 0.1) is 0 Å². The van der Waals surface area contributed by atoms with Gasteiger partial charge >= 0.3 is 0 Å².